The number of hydrogen-bond donors (Lipinski definition) is 0. The van der Waals surface area contributed by atoms with Crippen molar-refractivity contribution in [2.45, 2.75) is 13.8 Å². The summed E-state index contributed by atoms with van der Waals surface area (Å²) in [6.45, 7) is 4.37. The minimum absolute atomic E-state index is 0.654. The van der Waals surface area contributed by atoms with Gasteiger partial charge in [-0.1, -0.05) is 146 Å². The molecule has 0 radical (unpaired) electrons. The van der Waals surface area contributed by atoms with Gasteiger partial charge in [0.2, 0.25) is 0 Å². The van der Waals surface area contributed by atoms with Gasteiger partial charge in [-0.05, 0) is 65.9 Å². The number of benzene rings is 7. The zero-order valence-electron chi connectivity index (χ0n) is 28.5. The molecule has 7 aromatic carbocycles. The number of aryl methyl sites for hydroxylation is 2. The number of para-hydroxylation sites is 2. The molecular formula is C47H34N4. The molecule has 0 fully saturated rings. The minimum Gasteiger partial charge on any atom is -0.309 e. The molecule has 0 N–H and O–H groups in total. The Morgan fingerprint density at radius 1 is 0.373 bits per heavy atom. The van der Waals surface area contributed by atoms with Gasteiger partial charge in [0.15, 0.2) is 17.5 Å². The topological polar surface area (TPSA) is 43.6 Å². The van der Waals surface area contributed by atoms with E-state index in [0.717, 1.165) is 27.9 Å². The molecule has 4 nitrogen and oxygen atoms in total. The summed E-state index contributed by atoms with van der Waals surface area (Å²) in [5.41, 5.74) is 13.6. The zero-order chi connectivity index (χ0) is 34.3. The Morgan fingerprint density at radius 3 is 1.59 bits per heavy atom. The second-order valence-corrected chi connectivity index (χ2v) is 13.0. The highest BCUT2D eigenvalue weighted by molar-refractivity contribution is 6.13. The number of nitrogens with zero attached hydrogens (tertiary/aromatic N) is 4. The van der Waals surface area contributed by atoms with Crippen LogP contribution in [0.2, 0.25) is 0 Å². The standard InChI is InChI=1S/C47H34N4/c1-31-25-27-37(51-43-24-13-12-21-40(43)41-23-14-22-39(44(41)51)33-15-6-3-7-16-33)30-42(31)38-28-26-36(29-32(38)2)47-49-45(34-17-8-4-9-18-34)48-46(50-47)35-19-10-5-11-20-35/h3-30H,1-2H3. The molecule has 0 unspecified atom stereocenters. The average molecular weight is 655 g/mol. The van der Waals surface area contributed by atoms with Crippen LogP contribution >= 0.6 is 0 Å². The molecule has 0 atom stereocenters. The molecule has 0 aliphatic carbocycles. The molecule has 9 aromatic rings. The summed E-state index contributed by atoms with van der Waals surface area (Å²) >= 11 is 0. The Balaban J connectivity index is 1.18. The summed E-state index contributed by atoms with van der Waals surface area (Å²) in [4.78, 5) is 14.8. The van der Waals surface area contributed by atoms with Gasteiger partial charge in [0, 0.05) is 38.7 Å². The van der Waals surface area contributed by atoms with Gasteiger partial charge in [-0.2, -0.15) is 0 Å². The molecule has 51 heavy (non-hydrogen) atoms. The van der Waals surface area contributed by atoms with E-state index in [1.54, 1.807) is 0 Å². The SMILES string of the molecule is Cc1cc(-c2nc(-c3ccccc3)nc(-c3ccccc3)n2)ccc1-c1cc(-n2c3ccccc3c3cccc(-c4ccccc4)c32)ccc1C. The van der Waals surface area contributed by atoms with Gasteiger partial charge in [0.25, 0.3) is 0 Å². The highest BCUT2D eigenvalue weighted by Crippen LogP contribution is 2.40. The van der Waals surface area contributed by atoms with Crippen molar-refractivity contribution < 1.29 is 0 Å². The lowest BCUT2D eigenvalue weighted by Gasteiger charge is -2.16. The first-order chi connectivity index (χ1) is 25.1. The fraction of sp³-hybridized carbons (Fsp3) is 0.0426. The predicted octanol–water partition coefficient (Wildman–Crippen LogP) is 11.9. The lowest BCUT2D eigenvalue weighted by atomic mass is 9.94. The molecule has 0 spiro atoms. The summed E-state index contributed by atoms with van der Waals surface area (Å²) in [6.07, 6.45) is 0. The van der Waals surface area contributed by atoms with E-state index >= 15 is 0 Å². The maximum absolute atomic E-state index is 4.97. The first kappa shape index (κ1) is 30.4. The molecule has 4 heteroatoms. The van der Waals surface area contributed by atoms with E-state index in [1.807, 2.05) is 60.7 Å². The maximum Gasteiger partial charge on any atom is 0.164 e. The van der Waals surface area contributed by atoms with Gasteiger partial charge in [-0.25, -0.2) is 15.0 Å². The van der Waals surface area contributed by atoms with Crippen molar-refractivity contribution in [3.63, 3.8) is 0 Å². The van der Waals surface area contributed by atoms with Crippen LogP contribution in [-0.2, 0) is 0 Å². The van der Waals surface area contributed by atoms with Crippen molar-refractivity contribution in [1.29, 1.82) is 0 Å². The Labute approximate surface area is 297 Å². The van der Waals surface area contributed by atoms with Gasteiger partial charge in [-0.3, -0.25) is 0 Å². The monoisotopic (exact) mass is 654 g/mol. The number of rotatable bonds is 6. The predicted molar refractivity (Wildman–Crippen MR) is 211 cm³/mol. The molecule has 242 valence electrons. The maximum atomic E-state index is 4.97. The Kier molecular flexibility index (Phi) is 7.55. The summed E-state index contributed by atoms with van der Waals surface area (Å²) in [5, 5.41) is 2.49. The van der Waals surface area contributed by atoms with Crippen LogP contribution in [-0.4, -0.2) is 19.5 Å². The zero-order valence-corrected chi connectivity index (χ0v) is 28.5. The lowest BCUT2D eigenvalue weighted by molar-refractivity contribution is 1.07. The number of hydrogen-bond acceptors (Lipinski definition) is 3. The van der Waals surface area contributed by atoms with Gasteiger partial charge in [-0.15, -0.1) is 0 Å². The van der Waals surface area contributed by atoms with Crippen LogP contribution in [0.4, 0.5) is 0 Å². The third-order valence-corrected chi connectivity index (χ3v) is 9.73. The summed E-state index contributed by atoms with van der Waals surface area (Å²) in [6, 6.07) is 59.7. The summed E-state index contributed by atoms with van der Waals surface area (Å²) in [7, 11) is 0. The van der Waals surface area contributed by atoms with Gasteiger partial charge < -0.3 is 4.57 Å². The molecule has 0 aliphatic rings. The summed E-state index contributed by atoms with van der Waals surface area (Å²) < 4.78 is 2.43. The molecule has 9 rings (SSSR count). The third kappa shape index (κ3) is 5.48. The van der Waals surface area contributed by atoms with Crippen LogP contribution in [0.1, 0.15) is 11.1 Å². The van der Waals surface area contributed by atoms with Crippen molar-refractivity contribution >= 4 is 21.8 Å². The Bertz CT molecular complexity index is 2640. The summed E-state index contributed by atoms with van der Waals surface area (Å²) in [5.74, 6) is 1.97. The minimum atomic E-state index is 0.654. The van der Waals surface area contributed by atoms with E-state index in [2.05, 4.69) is 128 Å². The van der Waals surface area contributed by atoms with Crippen molar-refractivity contribution in [3.8, 4) is 62.1 Å². The Morgan fingerprint density at radius 2 is 0.941 bits per heavy atom. The van der Waals surface area contributed by atoms with E-state index in [1.165, 1.54) is 49.6 Å². The smallest absolute Gasteiger partial charge is 0.164 e. The molecule has 0 saturated carbocycles. The van der Waals surface area contributed by atoms with E-state index < -0.39 is 0 Å². The number of fused-ring (bicyclic) bond motifs is 3. The molecule has 0 amide bonds. The molecular weight excluding hydrogens is 621 g/mol. The molecule has 0 saturated heterocycles. The van der Waals surface area contributed by atoms with E-state index in [-0.39, 0.29) is 0 Å². The van der Waals surface area contributed by atoms with Crippen LogP contribution in [0.15, 0.2) is 170 Å². The second kappa shape index (κ2) is 12.7. The molecule has 0 bridgehead atoms. The second-order valence-electron chi connectivity index (χ2n) is 13.0. The van der Waals surface area contributed by atoms with Gasteiger partial charge in [0.05, 0.1) is 11.0 Å². The molecule has 0 aliphatic heterocycles. The van der Waals surface area contributed by atoms with Crippen LogP contribution < -0.4 is 0 Å². The van der Waals surface area contributed by atoms with Crippen molar-refractivity contribution in [1.82, 2.24) is 19.5 Å². The molecule has 2 aromatic heterocycles. The quantitative estimate of drug-likeness (QED) is 0.179. The lowest BCUT2D eigenvalue weighted by Crippen LogP contribution is -2.01. The highest BCUT2D eigenvalue weighted by Gasteiger charge is 2.18. The fourth-order valence-corrected chi connectivity index (χ4v) is 7.22. The first-order valence-electron chi connectivity index (χ1n) is 17.3. The van der Waals surface area contributed by atoms with E-state index in [0.29, 0.717) is 17.5 Å². The third-order valence-electron chi connectivity index (χ3n) is 9.73. The fourth-order valence-electron chi connectivity index (χ4n) is 7.22. The van der Waals surface area contributed by atoms with Crippen LogP contribution in [0, 0.1) is 13.8 Å². The number of aromatic nitrogens is 4. The van der Waals surface area contributed by atoms with E-state index in [4.69, 9.17) is 15.0 Å². The van der Waals surface area contributed by atoms with Crippen LogP contribution in [0.25, 0.3) is 83.9 Å². The first-order valence-corrected chi connectivity index (χ1v) is 17.3. The van der Waals surface area contributed by atoms with Crippen molar-refractivity contribution in [3.05, 3.63) is 181 Å². The highest BCUT2D eigenvalue weighted by atomic mass is 15.0. The van der Waals surface area contributed by atoms with Crippen LogP contribution in [0.3, 0.4) is 0 Å². The van der Waals surface area contributed by atoms with Gasteiger partial charge in [0.1, 0.15) is 0 Å². The van der Waals surface area contributed by atoms with Crippen LogP contribution in [0.5, 0.6) is 0 Å². The molecule has 2 heterocycles. The van der Waals surface area contributed by atoms with Gasteiger partial charge >= 0.3 is 0 Å². The normalized spacial score (nSPS) is 11.3. The average Bonchev–Trinajstić information content (AvgIpc) is 3.54. The van der Waals surface area contributed by atoms with E-state index in [9.17, 15) is 0 Å². The van der Waals surface area contributed by atoms with Crippen molar-refractivity contribution in [2.24, 2.45) is 0 Å². The Hall–Kier alpha value is -6.65. The van der Waals surface area contributed by atoms with Crippen molar-refractivity contribution in [2.75, 3.05) is 0 Å². The largest absolute Gasteiger partial charge is 0.309 e.